The molecule has 132 valence electrons. The van der Waals surface area contributed by atoms with Gasteiger partial charge in [-0.3, -0.25) is 4.90 Å². The van der Waals surface area contributed by atoms with Crippen molar-refractivity contribution in [1.82, 2.24) is 25.1 Å². The number of hydrogen-bond donors (Lipinski definition) is 0. The second-order valence-corrected chi connectivity index (χ2v) is 6.67. The quantitative estimate of drug-likeness (QED) is 0.812. The van der Waals surface area contributed by atoms with Crippen molar-refractivity contribution in [3.8, 4) is 5.88 Å². The van der Waals surface area contributed by atoms with Crippen LogP contribution in [0.4, 0.5) is 5.82 Å². The van der Waals surface area contributed by atoms with Crippen LogP contribution < -0.4 is 9.64 Å². The zero-order chi connectivity index (χ0) is 17.1. The van der Waals surface area contributed by atoms with E-state index in [9.17, 15) is 0 Å². The van der Waals surface area contributed by atoms with E-state index in [0.29, 0.717) is 12.5 Å². The van der Waals surface area contributed by atoms with Gasteiger partial charge in [-0.25, -0.2) is 9.97 Å². The summed E-state index contributed by atoms with van der Waals surface area (Å²) < 4.78 is 5.69. The van der Waals surface area contributed by atoms with Gasteiger partial charge in [0, 0.05) is 50.0 Å². The van der Waals surface area contributed by atoms with Crippen LogP contribution in [0.5, 0.6) is 5.88 Å². The van der Waals surface area contributed by atoms with Crippen LogP contribution in [-0.4, -0.2) is 64.4 Å². The summed E-state index contributed by atoms with van der Waals surface area (Å²) >= 11 is 0. The summed E-state index contributed by atoms with van der Waals surface area (Å²) in [6.07, 6.45) is 5.16. The van der Waals surface area contributed by atoms with Crippen molar-refractivity contribution in [2.24, 2.45) is 0 Å². The van der Waals surface area contributed by atoms with Crippen LogP contribution in [0.1, 0.15) is 23.4 Å². The van der Waals surface area contributed by atoms with Gasteiger partial charge >= 0.3 is 0 Å². The Labute approximate surface area is 148 Å². The number of rotatable bonds is 5. The summed E-state index contributed by atoms with van der Waals surface area (Å²) in [7, 11) is 0. The van der Waals surface area contributed by atoms with E-state index >= 15 is 0 Å². The Kier molecular flexibility index (Phi) is 4.74. The Morgan fingerprint density at radius 3 is 2.72 bits per heavy atom. The molecule has 1 saturated heterocycles. The van der Waals surface area contributed by atoms with Gasteiger partial charge in [0.25, 0.3) is 0 Å². The lowest BCUT2D eigenvalue weighted by atomic mass is 10.2. The van der Waals surface area contributed by atoms with Crippen molar-refractivity contribution in [3.05, 3.63) is 35.4 Å². The number of ether oxygens (including phenoxy) is 1. The Bertz CT molecular complexity index is 712. The van der Waals surface area contributed by atoms with Crippen molar-refractivity contribution in [3.63, 3.8) is 0 Å². The first-order valence-electron chi connectivity index (χ1n) is 9.03. The van der Waals surface area contributed by atoms with Crippen molar-refractivity contribution in [2.45, 2.75) is 26.2 Å². The molecule has 1 aliphatic heterocycles. The van der Waals surface area contributed by atoms with Gasteiger partial charge in [-0.2, -0.15) is 5.10 Å². The average Bonchev–Trinajstić information content (AvgIpc) is 3.13. The molecule has 1 aliphatic carbocycles. The van der Waals surface area contributed by atoms with Crippen molar-refractivity contribution < 1.29 is 4.74 Å². The lowest BCUT2D eigenvalue weighted by Gasteiger charge is -2.36. The molecule has 0 aromatic carbocycles. The van der Waals surface area contributed by atoms with E-state index in [2.05, 4.69) is 30.0 Å². The van der Waals surface area contributed by atoms with E-state index in [-0.39, 0.29) is 0 Å². The Balaban J connectivity index is 1.26. The number of piperazine rings is 1. The summed E-state index contributed by atoms with van der Waals surface area (Å²) in [5.41, 5.74) is 3.52. The molecule has 2 aromatic heterocycles. The topological polar surface area (TPSA) is 67.3 Å². The number of anilines is 1. The van der Waals surface area contributed by atoms with Crippen LogP contribution in [0.25, 0.3) is 0 Å². The molecule has 0 saturated carbocycles. The third-order valence-corrected chi connectivity index (χ3v) is 4.95. The molecule has 2 aliphatic rings. The monoisotopic (exact) mass is 340 g/mol. The van der Waals surface area contributed by atoms with E-state index in [0.717, 1.165) is 57.1 Å². The van der Waals surface area contributed by atoms with Gasteiger partial charge in [0.2, 0.25) is 5.88 Å². The number of aromatic nitrogens is 4. The molecular weight excluding hydrogens is 316 g/mol. The molecule has 2 aromatic rings. The molecular formula is C18H24N6O. The lowest BCUT2D eigenvalue weighted by molar-refractivity contribution is 0.195. The predicted molar refractivity (Wildman–Crippen MR) is 95.0 cm³/mol. The fourth-order valence-corrected chi connectivity index (χ4v) is 3.54. The molecule has 0 radical (unpaired) electrons. The second-order valence-electron chi connectivity index (χ2n) is 6.67. The summed E-state index contributed by atoms with van der Waals surface area (Å²) in [5.74, 6) is 1.76. The normalized spacial score (nSPS) is 17.6. The number of nitrogens with zero attached hydrogens (tertiary/aromatic N) is 6. The first-order valence-corrected chi connectivity index (χ1v) is 9.03. The van der Waals surface area contributed by atoms with Crippen LogP contribution >= 0.6 is 0 Å². The van der Waals surface area contributed by atoms with E-state index < -0.39 is 0 Å². The molecule has 7 nitrogen and oxygen atoms in total. The largest absolute Gasteiger partial charge is 0.475 e. The molecule has 1 fully saturated rings. The zero-order valence-corrected chi connectivity index (χ0v) is 14.7. The van der Waals surface area contributed by atoms with Gasteiger partial charge in [0.1, 0.15) is 18.8 Å². The Morgan fingerprint density at radius 1 is 1.04 bits per heavy atom. The van der Waals surface area contributed by atoms with Crippen LogP contribution in [0, 0.1) is 6.92 Å². The molecule has 3 heterocycles. The minimum Gasteiger partial charge on any atom is -0.475 e. The van der Waals surface area contributed by atoms with Crippen LogP contribution in [0.3, 0.4) is 0 Å². The molecule has 0 spiro atoms. The Morgan fingerprint density at radius 2 is 1.92 bits per heavy atom. The number of hydrogen-bond acceptors (Lipinski definition) is 7. The van der Waals surface area contributed by atoms with E-state index in [1.165, 1.54) is 17.7 Å². The third-order valence-electron chi connectivity index (χ3n) is 4.95. The fourth-order valence-electron chi connectivity index (χ4n) is 3.54. The molecule has 4 rings (SSSR count). The molecule has 0 amide bonds. The molecule has 0 unspecified atom stereocenters. The van der Waals surface area contributed by atoms with Gasteiger partial charge in [-0.1, -0.05) is 0 Å². The maximum atomic E-state index is 5.69. The minimum absolute atomic E-state index is 0.598. The lowest BCUT2D eigenvalue weighted by Crippen LogP contribution is -2.48. The first kappa shape index (κ1) is 16.2. The SMILES string of the molecule is Cc1ccc(OCCN2CCN(c3ncnc4c3CCC4)CC2)nn1. The summed E-state index contributed by atoms with van der Waals surface area (Å²) in [6.45, 7) is 7.54. The number of aryl methyl sites for hydroxylation is 2. The maximum Gasteiger partial charge on any atom is 0.233 e. The summed E-state index contributed by atoms with van der Waals surface area (Å²) in [5, 5.41) is 8.04. The molecule has 7 heteroatoms. The highest BCUT2D eigenvalue weighted by molar-refractivity contribution is 5.50. The van der Waals surface area contributed by atoms with Gasteiger partial charge in [-0.05, 0) is 32.3 Å². The smallest absolute Gasteiger partial charge is 0.233 e. The van der Waals surface area contributed by atoms with Gasteiger partial charge < -0.3 is 9.64 Å². The van der Waals surface area contributed by atoms with Crippen LogP contribution in [-0.2, 0) is 12.8 Å². The molecule has 25 heavy (non-hydrogen) atoms. The summed E-state index contributed by atoms with van der Waals surface area (Å²) in [4.78, 5) is 13.8. The molecule has 0 atom stereocenters. The molecule has 0 bridgehead atoms. The van der Waals surface area contributed by atoms with Crippen molar-refractivity contribution in [1.29, 1.82) is 0 Å². The predicted octanol–water partition coefficient (Wildman–Crippen LogP) is 1.26. The van der Waals surface area contributed by atoms with Gasteiger partial charge in [0.15, 0.2) is 0 Å². The summed E-state index contributed by atoms with van der Waals surface area (Å²) in [6, 6.07) is 3.79. The standard InChI is InChI=1S/C18H24N6O/c1-14-5-6-17(22-21-14)25-12-11-23-7-9-24(10-8-23)18-15-3-2-4-16(15)19-13-20-18/h5-6,13H,2-4,7-12H2,1H3. The van der Waals surface area contributed by atoms with E-state index in [1.54, 1.807) is 6.33 Å². The highest BCUT2D eigenvalue weighted by Gasteiger charge is 2.24. The van der Waals surface area contributed by atoms with E-state index in [1.807, 2.05) is 19.1 Å². The zero-order valence-electron chi connectivity index (χ0n) is 14.7. The van der Waals surface area contributed by atoms with Gasteiger partial charge in [-0.15, -0.1) is 5.10 Å². The van der Waals surface area contributed by atoms with Crippen molar-refractivity contribution in [2.75, 3.05) is 44.2 Å². The average molecular weight is 340 g/mol. The fraction of sp³-hybridized carbons (Fsp3) is 0.556. The van der Waals surface area contributed by atoms with Crippen molar-refractivity contribution >= 4 is 5.82 Å². The van der Waals surface area contributed by atoms with Crippen LogP contribution in [0.2, 0.25) is 0 Å². The van der Waals surface area contributed by atoms with Crippen LogP contribution in [0.15, 0.2) is 18.5 Å². The Hall–Kier alpha value is -2.28. The highest BCUT2D eigenvalue weighted by atomic mass is 16.5. The number of fused-ring (bicyclic) bond motifs is 1. The minimum atomic E-state index is 0.598. The highest BCUT2D eigenvalue weighted by Crippen LogP contribution is 2.28. The third kappa shape index (κ3) is 3.71. The first-order chi connectivity index (χ1) is 12.3. The maximum absolute atomic E-state index is 5.69. The van der Waals surface area contributed by atoms with E-state index in [4.69, 9.17) is 4.74 Å². The second kappa shape index (κ2) is 7.31. The molecule has 0 N–H and O–H groups in total. The van der Waals surface area contributed by atoms with Gasteiger partial charge in [0.05, 0.1) is 5.69 Å².